The molecule has 0 unspecified atom stereocenters. The number of anilines is 1. The molecule has 1 aromatic heterocycles. The molecule has 1 aromatic carbocycles. The highest BCUT2D eigenvalue weighted by atomic mass is 127. The van der Waals surface area contributed by atoms with Crippen molar-refractivity contribution in [1.29, 1.82) is 0 Å². The largest absolute Gasteiger partial charge is 0.444 e. The minimum atomic E-state index is -4.34. The van der Waals surface area contributed by atoms with E-state index in [0.29, 0.717) is 33.3 Å². The number of carbonyl (C=O) groups excluding carboxylic acids is 1. The molecule has 1 fully saturated rings. The van der Waals surface area contributed by atoms with Crippen molar-refractivity contribution in [3.63, 3.8) is 0 Å². The quantitative estimate of drug-likeness (QED) is 0.409. The zero-order chi connectivity index (χ0) is 22.3. The smallest absolute Gasteiger partial charge is 0.410 e. The molecule has 0 saturated carbocycles. The van der Waals surface area contributed by atoms with Crippen molar-refractivity contribution in [2.75, 3.05) is 18.4 Å². The van der Waals surface area contributed by atoms with Crippen LogP contribution in [0, 0.1) is 3.70 Å². The second kappa shape index (κ2) is 8.43. The maximum atomic E-state index is 14.8. The fourth-order valence-electron chi connectivity index (χ4n) is 3.48. The van der Waals surface area contributed by atoms with Gasteiger partial charge in [-0.3, -0.25) is 0 Å². The number of rotatable bonds is 3. The molecule has 3 rings (SSSR count). The number of carbonyl (C=O) groups is 1. The van der Waals surface area contributed by atoms with Crippen LogP contribution in [-0.4, -0.2) is 52.6 Å². The summed E-state index contributed by atoms with van der Waals surface area (Å²) in [5.74, 6) is 0. The van der Waals surface area contributed by atoms with Gasteiger partial charge in [-0.05, 0) is 68.0 Å². The number of hydrogen-bond acceptors (Lipinski definition) is 3. The third kappa shape index (κ3) is 5.50. The van der Waals surface area contributed by atoms with Crippen molar-refractivity contribution in [3.8, 4) is 0 Å². The van der Waals surface area contributed by atoms with Crippen molar-refractivity contribution in [1.82, 2.24) is 9.47 Å². The number of nitrogens with one attached hydrogen (secondary N) is 1. The number of ether oxygens (including phenoxy) is 1. The standard InChI is InChI=1S/C20H24F4IN3O2/c1-19(2,3)30-18(29)27-8-7-15(13(21)10-27)26-14-5-4-6-16-12(14)9-17(25)28(16)11-20(22,23)24/h4-6,9,13,15,26H,7-8,10-11H2,1-3H3/t13-,15+/m0/s1. The van der Waals surface area contributed by atoms with Gasteiger partial charge in [0.2, 0.25) is 0 Å². The van der Waals surface area contributed by atoms with E-state index in [1.807, 2.05) is 22.6 Å². The summed E-state index contributed by atoms with van der Waals surface area (Å²) in [7, 11) is 0. The Bertz CT molecular complexity index is 923. The predicted molar refractivity (Wildman–Crippen MR) is 115 cm³/mol. The fraction of sp³-hybridized carbons (Fsp3) is 0.550. The Hall–Kier alpha value is -1.72. The van der Waals surface area contributed by atoms with Crippen LogP contribution in [0.4, 0.5) is 28.0 Å². The van der Waals surface area contributed by atoms with E-state index >= 15 is 0 Å². The van der Waals surface area contributed by atoms with Crippen LogP contribution in [0.1, 0.15) is 27.2 Å². The Morgan fingerprint density at radius 2 is 2.00 bits per heavy atom. The molecule has 1 aliphatic rings. The normalized spacial score (nSPS) is 20.5. The van der Waals surface area contributed by atoms with E-state index in [4.69, 9.17) is 4.74 Å². The van der Waals surface area contributed by atoms with E-state index in [1.54, 1.807) is 45.0 Å². The number of piperidine rings is 1. The molecule has 1 amide bonds. The van der Waals surface area contributed by atoms with Crippen LogP contribution >= 0.6 is 22.6 Å². The van der Waals surface area contributed by atoms with Gasteiger partial charge in [-0.2, -0.15) is 13.2 Å². The third-order valence-electron chi connectivity index (χ3n) is 4.77. The van der Waals surface area contributed by atoms with E-state index in [-0.39, 0.29) is 6.54 Å². The minimum Gasteiger partial charge on any atom is -0.444 e. The van der Waals surface area contributed by atoms with Crippen LogP contribution in [-0.2, 0) is 11.3 Å². The summed E-state index contributed by atoms with van der Waals surface area (Å²) >= 11 is 1.87. The molecular formula is C20H24F4IN3O2. The van der Waals surface area contributed by atoms with E-state index in [2.05, 4.69) is 5.32 Å². The zero-order valence-electron chi connectivity index (χ0n) is 16.9. The lowest BCUT2D eigenvalue weighted by atomic mass is 10.0. The van der Waals surface area contributed by atoms with Crippen molar-refractivity contribution >= 4 is 45.3 Å². The van der Waals surface area contributed by atoms with E-state index in [0.717, 1.165) is 0 Å². The Kier molecular flexibility index (Phi) is 6.45. The van der Waals surface area contributed by atoms with Crippen LogP contribution in [0.15, 0.2) is 24.3 Å². The molecule has 0 radical (unpaired) electrons. The van der Waals surface area contributed by atoms with Gasteiger partial charge >= 0.3 is 12.3 Å². The van der Waals surface area contributed by atoms with Gasteiger partial charge in [0.15, 0.2) is 0 Å². The van der Waals surface area contributed by atoms with Gasteiger partial charge in [-0.15, -0.1) is 0 Å². The number of benzene rings is 1. The molecule has 5 nitrogen and oxygen atoms in total. The summed E-state index contributed by atoms with van der Waals surface area (Å²) < 4.78 is 60.5. The van der Waals surface area contributed by atoms with E-state index < -0.39 is 36.6 Å². The number of likely N-dealkylation sites (tertiary alicyclic amines) is 1. The summed E-state index contributed by atoms with van der Waals surface area (Å²) in [6.45, 7) is 4.39. The van der Waals surface area contributed by atoms with Crippen LogP contribution in [0.5, 0.6) is 0 Å². The topological polar surface area (TPSA) is 46.5 Å². The van der Waals surface area contributed by atoms with Gasteiger partial charge in [-0.25, -0.2) is 9.18 Å². The molecule has 30 heavy (non-hydrogen) atoms. The molecule has 2 atom stereocenters. The highest BCUT2D eigenvalue weighted by Gasteiger charge is 2.34. The third-order valence-corrected chi connectivity index (χ3v) is 5.66. The monoisotopic (exact) mass is 541 g/mol. The first-order valence-electron chi connectivity index (χ1n) is 9.57. The summed E-state index contributed by atoms with van der Waals surface area (Å²) in [4.78, 5) is 13.5. The number of halogens is 5. The van der Waals surface area contributed by atoms with E-state index in [1.165, 1.54) is 9.47 Å². The molecular weight excluding hydrogens is 517 g/mol. The van der Waals surface area contributed by atoms with Crippen LogP contribution in [0.2, 0.25) is 0 Å². The summed E-state index contributed by atoms with van der Waals surface area (Å²) in [6, 6.07) is 6.09. The molecule has 1 N–H and O–H groups in total. The second-order valence-electron chi connectivity index (χ2n) is 8.39. The first-order valence-corrected chi connectivity index (χ1v) is 10.6. The lowest BCUT2D eigenvalue weighted by Gasteiger charge is -2.36. The molecule has 2 aromatic rings. The molecule has 10 heteroatoms. The fourth-order valence-corrected chi connectivity index (χ4v) is 4.22. The molecule has 1 saturated heterocycles. The molecule has 0 bridgehead atoms. The van der Waals surface area contributed by atoms with Gasteiger partial charge in [0.25, 0.3) is 0 Å². The molecule has 2 heterocycles. The lowest BCUT2D eigenvalue weighted by Crippen LogP contribution is -2.51. The maximum absolute atomic E-state index is 14.8. The number of fused-ring (bicyclic) bond motifs is 1. The van der Waals surface area contributed by atoms with Gasteiger partial charge < -0.3 is 19.5 Å². The molecule has 166 valence electrons. The number of amides is 1. The Morgan fingerprint density at radius 3 is 2.60 bits per heavy atom. The van der Waals surface area contributed by atoms with Crippen LogP contribution in [0.25, 0.3) is 10.9 Å². The van der Waals surface area contributed by atoms with Gasteiger partial charge in [0.05, 0.1) is 21.8 Å². The van der Waals surface area contributed by atoms with Gasteiger partial charge in [-0.1, -0.05) is 6.07 Å². The van der Waals surface area contributed by atoms with Gasteiger partial charge in [0, 0.05) is 17.6 Å². The molecule has 0 aliphatic carbocycles. The Labute approximate surface area is 185 Å². The van der Waals surface area contributed by atoms with Crippen molar-refractivity contribution in [2.24, 2.45) is 0 Å². The first-order chi connectivity index (χ1) is 13.8. The minimum absolute atomic E-state index is 0.102. The SMILES string of the molecule is CC(C)(C)OC(=O)N1CC[C@@H](Nc2cccc3c2cc(I)n3CC(F)(F)F)[C@@H](F)C1. The van der Waals surface area contributed by atoms with Gasteiger partial charge in [0.1, 0.15) is 18.3 Å². The lowest BCUT2D eigenvalue weighted by molar-refractivity contribution is -0.140. The number of aromatic nitrogens is 1. The molecule has 0 spiro atoms. The Morgan fingerprint density at radius 1 is 1.30 bits per heavy atom. The number of hydrogen-bond donors (Lipinski definition) is 1. The van der Waals surface area contributed by atoms with Crippen molar-refractivity contribution < 1.29 is 27.1 Å². The van der Waals surface area contributed by atoms with E-state index in [9.17, 15) is 22.4 Å². The maximum Gasteiger partial charge on any atom is 0.410 e. The second-order valence-corrected chi connectivity index (χ2v) is 9.49. The summed E-state index contributed by atoms with van der Waals surface area (Å²) in [5.41, 5.74) is 0.349. The average molecular weight is 541 g/mol. The first kappa shape index (κ1) is 23.0. The highest BCUT2D eigenvalue weighted by Crippen LogP contribution is 2.32. The highest BCUT2D eigenvalue weighted by molar-refractivity contribution is 14.1. The van der Waals surface area contributed by atoms with Crippen molar-refractivity contribution in [2.45, 2.75) is 57.7 Å². The number of alkyl halides is 4. The van der Waals surface area contributed by atoms with Crippen molar-refractivity contribution in [3.05, 3.63) is 28.0 Å². The average Bonchev–Trinajstić information content (AvgIpc) is 2.90. The Balaban J connectivity index is 1.74. The zero-order valence-corrected chi connectivity index (χ0v) is 19.1. The molecule has 1 aliphatic heterocycles. The summed E-state index contributed by atoms with van der Waals surface area (Å²) in [6.07, 6.45) is -5.87. The summed E-state index contributed by atoms with van der Waals surface area (Å²) in [5, 5.41) is 3.74. The predicted octanol–water partition coefficient (Wildman–Crippen LogP) is 5.57. The van der Waals surface area contributed by atoms with Crippen LogP contribution in [0.3, 0.4) is 0 Å². The van der Waals surface area contributed by atoms with Crippen LogP contribution < -0.4 is 5.32 Å². The number of nitrogens with zero attached hydrogens (tertiary/aromatic N) is 2.